The maximum Gasteiger partial charge on any atom is 0.328 e. The van der Waals surface area contributed by atoms with Gasteiger partial charge in [-0.25, -0.2) is 9.78 Å². The van der Waals surface area contributed by atoms with Crippen molar-refractivity contribution in [2.24, 2.45) is 0 Å². The number of hydrogen-bond donors (Lipinski definition) is 2. The lowest BCUT2D eigenvalue weighted by Crippen LogP contribution is -2.18. The summed E-state index contributed by atoms with van der Waals surface area (Å²) in [4.78, 5) is 27.6. The van der Waals surface area contributed by atoms with Gasteiger partial charge in [-0.05, 0) is 31.5 Å². The van der Waals surface area contributed by atoms with Gasteiger partial charge in [0, 0.05) is 6.20 Å². The molecule has 0 saturated carbocycles. The normalized spacial score (nSPS) is 12.3. The van der Waals surface area contributed by atoms with Crippen LogP contribution in [0.3, 0.4) is 0 Å². The number of carbonyl (C=O) groups excluding carboxylic acids is 1. The Balaban J connectivity index is 1.81. The quantitative estimate of drug-likeness (QED) is 0.766. The molecule has 0 aliphatic rings. The molecule has 3 aromatic rings. The Kier molecular flexibility index (Phi) is 3.83. The number of carboxylic acid groups (broad SMARTS) is 1. The zero-order valence-electron chi connectivity index (χ0n) is 12.5. The van der Waals surface area contributed by atoms with Crippen LogP contribution in [0.25, 0.3) is 10.2 Å². The molecule has 0 spiro atoms. The third-order valence-electron chi connectivity index (χ3n) is 3.44. The molecule has 3 rings (SSSR count). The van der Waals surface area contributed by atoms with Crippen molar-refractivity contribution in [1.82, 2.24) is 14.8 Å². The number of aliphatic carboxylic acids is 1. The van der Waals surface area contributed by atoms with Gasteiger partial charge in [-0.1, -0.05) is 23.5 Å². The van der Waals surface area contributed by atoms with Crippen molar-refractivity contribution >= 4 is 38.6 Å². The molecule has 0 bridgehead atoms. The summed E-state index contributed by atoms with van der Waals surface area (Å²) in [6, 6.07) is 6.49. The maximum absolute atomic E-state index is 12.2. The van der Waals surface area contributed by atoms with E-state index in [2.05, 4.69) is 15.4 Å². The molecule has 1 amide bonds. The number of thiazole rings is 1. The molecule has 0 fully saturated rings. The Bertz CT molecular complexity index is 899. The molecule has 1 unspecified atom stereocenters. The van der Waals surface area contributed by atoms with Crippen LogP contribution in [0.15, 0.2) is 30.5 Å². The van der Waals surface area contributed by atoms with Crippen LogP contribution in [0.4, 0.5) is 5.13 Å². The standard InChI is InChI=1S/C15H14N4O3S/c1-8-4-3-5-11-12(8)16-15(23-11)17-13(20)10-6-7-19(18-10)9(2)14(21)22/h3-7,9H,1-2H3,(H,21,22)(H,16,17,20). The predicted molar refractivity (Wildman–Crippen MR) is 86.9 cm³/mol. The molecule has 2 heterocycles. The Labute approximate surface area is 135 Å². The minimum Gasteiger partial charge on any atom is -0.480 e. The average molecular weight is 330 g/mol. The summed E-state index contributed by atoms with van der Waals surface area (Å²) in [5, 5.41) is 16.1. The predicted octanol–water partition coefficient (Wildman–Crippen LogP) is 2.70. The molecule has 0 aliphatic heterocycles. The van der Waals surface area contributed by atoms with Gasteiger partial charge in [-0.15, -0.1) is 0 Å². The molecule has 2 N–H and O–H groups in total. The van der Waals surface area contributed by atoms with Crippen LogP contribution in [0, 0.1) is 6.92 Å². The number of nitrogens with one attached hydrogen (secondary N) is 1. The fourth-order valence-electron chi connectivity index (χ4n) is 2.09. The van der Waals surface area contributed by atoms with Crippen LogP contribution in [0.5, 0.6) is 0 Å². The van der Waals surface area contributed by atoms with E-state index < -0.39 is 17.9 Å². The van der Waals surface area contributed by atoms with Gasteiger partial charge in [0.2, 0.25) is 0 Å². The second-order valence-electron chi connectivity index (χ2n) is 5.09. The van der Waals surface area contributed by atoms with Crippen LogP contribution >= 0.6 is 11.3 Å². The van der Waals surface area contributed by atoms with E-state index in [4.69, 9.17) is 5.11 Å². The van der Waals surface area contributed by atoms with Gasteiger partial charge in [-0.2, -0.15) is 5.10 Å². The molecule has 0 radical (unpaired) electrons. The van der Waals surface area contributed by atoms with Crippen LogP contribution in [0.1, 0.15) is 29.0 Å². The van der Waals surface area contributed by atoms with E-state index in [1.165, 1.54) is 35.2 Å². The fraction of sp³-hybridized carbons (Fsp3) is 0.200. The van der Waals surface area contributed by atoms with Crippen molar-refractivity contribution in [2.75, 3.05) is 5.32 Å². The van der Waals surface area contributed by atoms with Gasteiger partial charge in [0.05, 0.1) is 10.2 Å². The van der Waals surface area contributed by atoms with Crippen LogP contribution in [0.2, 0.25) is 0 Å². The molecule has 0 aliphatic carbocycles. The second-order valence-corrected chi connectivity index (χ2v) is 6.12. The molecule has 118 valence electrons. The van der Waals surface area contributed by atoms with E-state index in [9.17, 15) is 9.59 Å². The first-order chi connectivity index (χ1) is 11.0. The van der Waals surface area contributed by atoms with Gasteiger partial charge in [0.15, 0.2) is 10.8 Å². The van der Waals surface area contributed by atoms with E-state index >= 15 is 0 Å². The highest BCUT2D eigenvalue weighted by Crippen LogP contribution is 2.28. The lowest BCUT2D eigenvalue weighted by atomic mass is 10.2. The minimum absolute atomic E-state index is 0.147. The summed E-state index contributed by atoms with van der Waals surface area (Å²) in [5.41, 5.74) is 2.05. The van der Waals surface area contributed by atoms with Crippen LogP contribution in [-0.4, -0.2) is 31.7 Å². The summed E-state index contributed by atoms with van der Waals surface area (Å²) in [5.74, 6) is -1.43. The van der Waals surface area contributed by atoms with E-state index in [0.717, 1.165) is 15.8 Å². The number of rotatable bonds is 4. The van der Waals surface area contributed by atoms with Crippen LogP contribution < -0.4 is 5.32 Å². The Hall–Kier alpha value is -2.74. The fourth-order valence-corrected chi connectivity index (χ4v) is 3.03. The number of benzene rings is 1. The number of carboxylic acids is 1. The maximum atomic E-state index is 12.2. The first kappa shape index (κ1) is 15.2. The van der Waals surface area contributed by atoms with Crippen molar-refractivity contribution in [1.29, 1.82) is 0 Å². The second kappa shape index (κ2) is 5.81. The van der Waals surface area contributed by atoms with Gasteiger partial charge in [-0.3, -0.25) is 14.8 Å². The highest BCUT2D eigenvalue weighted by Gasteiger charge is 2.18. The summed E-state index contributed by atoms with van der Waals surface area (Å²) >= 11 is 1.38. The largest absolute Gasteiger partial charge is 0.480 e. The van der Waals surface area contributed by atoms with Gasteiger partial charge in [0.1, 0.15) is 6.04 Å². The van der Waals surface area contributed by atoms with E-state index in [-0.39, 0.29) is 5.69 Å². The van der Waals surface area contributed by atoms with Crippen molar-refractivity contribution in [3.05, 3.63) is 41.7 Å². The molecule has 23 heavy (non-hydrogen) atoms. The highest BCUT2D eigenvalue weighted by molar-refractivity contribution is 7.22. The Morgan fingerprint density at radius 2 is 2.13 bits per heavy atom. The SMILES string of the molecule is Cc1cccc2sc(NC(=O)c3ccn(C(C)C(=O)O)n3)nc12. The monoisotopic (exact) mass is 330 g/mol. The number of carbonyl (C=O) groups is 2. The topological polar surface area (TPSA) is 97.1 Å². The average Bonchev–Trinajstić information content (AvgIpc) is 3.13. The Morgan fingerprint density at radius 1 is 1.35 bits per heavy atom. The summed E-state index contributed by atoms with van der Waals surface area (Å²) < 4.78 is 2.23. The van der Waals surface area contributed by atoms with Gasteiger partial charge in [0.25, 0.3) is 5.91 Å². The number of nitrogens with zero attached hydrogens (tertiary/aromatic N) is 3. The molecule has 1 atom stereocenters. The summed E-state index contributed by atoms with van der Waals surface area (Å²) in [6.45, 7) is 3.45. The zero-order valence-corrected chi connectivity index (χ0v) is 13.3. The first-order valence-electron chi connectivity index (χ1n) is 6.91. The third kappa shape index (κ3) is 2.93. The number of fused-ring (bicyclic) bond motifs is 1. The lowest BCUT2D eigenvalue weighted by Gasteiger charge is -2.05. The van der Waals surface area contributed by atoms with E-state index in [0.29, 0.717) is 5.13 Å². The molecule has 1 aromatic carbocycles. The van der Waals surface area contributed by atoms with Gasteiger partial charge >= 0.3 is 5.97 Å². The highest BCUT2D eigenvalue weighted by atomic mass is 32.1. The van der Waals surface area contributed by atoms with E-state index in [1.807, 2.05) is 25.1 Å². The van der Waals surface area contributed by atoms with E-state index in [1.54, 1.807) is 0 Å². The third-order valence-corrected chi connectivity index (χ3v) is 4.37. The number of hydrogen-bond acceptors (Lipinski definition) is 5. The smallest absolute Gasteiger partial charge is 0.328 e. The van der Waals surface area contributed by atoms with Crippen molar-refractivity contribution in [3.8, 4) is 0 Å². The Morgan fingerprint density at radius 3 is 2.83 bits per heavy atom. The number of anilines is 1. The van der Waals surface area contributed by atoms with Crippen LogP contribution in [-0.2, 0) is 4.79 Å². The summed E-state index contributed by atoms with van der Waals surface area (Å²) in [7, 11) is 0. The number of aryl methyl sites for hydroxylation is 1. The van der Waals surface area contributed by atoms with Crippen molar-refractivity contribution < 1.29 is 14.7 Å². The lowest BCUT2D eigenvalue weighted by molar-refractivity contribution is -0.140. The van der Waals surface area contributed by atoms with Crippen molar-refractivity contribution in [3.63, 3.8) is 0 Å². The number of amides is 1. The number of para-hydroxylation sites is 1. The molecular formula is C15H14N4O3S. The zero-order chi connectivity index (χ0) is 16.6. The van der Waals surface area contributed by atoms with Crippen molar-refractivity contribution in [2.45, 2.75) is 19.9 Å². The number of aromatic nitrogens is 3. The molecule has 2 aromatic heterocycles. The summed E-state index contributed by atoms with van der Waals surface area (Å²) in [6.07, 6.45) is 1.47. The molecular weight excluding hydrogens is 316 g/mol. The molecule has 0 saturated heterocycles. The molecule has 8 heteroatoms. The van der Waals surface area contributed by atoms with Gasteiger partial charge < -0.3 is 5.11 Å². The molecule has 7 nitrogen and oxygen atoms in total. The minimum atomic E-state index is -1.01. The first-order valence-corrected chi connectivity index (χ1v) is 7.73.